The Balaban J connectivity index is 2.89. The molecule has 0 heterocycles. The summed E-state index contributed by atoms with van der Waals surface area (Å²) < 4.78 is 0. The van der Waals surface area contributed by atoms with Crippen LogP contribution < -0.4 is 5.32 Å². The summed E-state index contributed by atoms with van der Waals surface area (Å²) in [5.41, 5.74) is 0. The maximum atomic E-state index is 3.55. The van der Waals surface area contributed by atoms with Crippen molar-refractivity contribution in [3.05, 3.63) is 12.2 Å². The number of hydrogen-bond acceptors (Lipinski definition) is 1. The van der Waals surface area contributed by atoms with Crippen molar-refractivity contribution in [3.8, 4) is 0 Å². The lowest BCUT2D eigenvalue weighted by molar-refractivity contribution is 0.554. The van der Waals surface area contributed by atoms with Gasteiger partial charge in [-0.1, -0.05) is 57.6 Å². The van der Waals surface area contributed by atoms with Gasteiger partial charge < -0.3 is 5.32 Å². The maximum Gasteiger partial charge on any atom is -0.00489 e. The molecule has 0 rings (SSSR count). The van der Waals surface area contributed by atoms with Crippen LogP contribution in [-0.4, -0.2) is 13.1 Å². The summed E-state index contributed by atoms with van der Waals surface area (Å²) in [6.45, 7) is 6.81. The van der Waals surface area contributed by atoms with Crippen LogP contribution in [0.15, 0.2) is 12.2 Å². The molecule has 0 bridgehead atoms. The highest BCUT2D eigenvalue weighted by molar-refractivity contribution is 4.76. The van der Waals surface area contributed by atoms with Gasteiger partial charge in [0, 0.05) is 0 Å². The zero-order chi connectivity index (χ0) is 12.6. The van der Waals surface area contributed by atoms with Gasteiger partial charge in [-0.25, -0.2) is 0 Å². The number of rotatable bonds is 13. The van der Waals surface area contributed by atoms with E-state index in [1.165, 1.54) is 77.3 Å². The van der Waals surface area contributed by atoms with Crippen LogP contribution in [0.2, 0.25) is 0 Å². The van der Waals surface area contributed by atoms with E-state index in [1.54, 1.807) is 0 Å². The summed E-state index contributed by atoms with van der Waals surface area (Å²) in [4.78, 5) is 0. The van der Waals surface area contributed by atoms with Crippen molar-refractivity contribution in [2.75, 3.05) is 13.1 Å². The van der Waals surface area contributed by atoms with E-state index in [0.717, 1.165) is 0 Å². The number of hydrogen-bond donors (Lipinski definition) is 1. The second kappa shape index (κ2) is 15.7. The molecule has 0 aliphatic heterocycles. The Bertz CT molecular complexity index is 152. The van der Waals surface area contributed by atoms with Crippen LogP contribution in [0.25, 0.3) is 0 Å². The summed E-state index contributed by atoms with van der Waals surface area (Å²) in [6, 6.07) is 0. The fraction of sp³-hybridized carbons (Fsp3) is 0.875. The predicted octanol–water partition coefficient (Wildman–Crippen LogP) is 5.07. The third kappa shape index (κ3) is 15.7. The first-order valence-corrected chi connectivity index (χ1v) is 7.73. The zero-order valence-corrected chi connectivity index (χ0v) is 12.1. The maximum absolute atomic E-state index is 3.55. The standard InChI is InChI=1S/C16H33N/c1-3-5-7-9-11-13-15-17-16-14-12-10-8-6-4-2/h3,5,17H,4,6-16H2,1-2H3/b5-3+. The van der Waals surface area contributed by atoms with Crippen molar-refractivity contribution in [1.82, 2.24) is 5.32 Å². The Kier molecular flexibility index (Phi) is 15.4. The number of nitrogens with one attached hydrogen (secondary N) is 1. The molecule has 0 aromatic rings. The molecule has 1 heteroatoms. The Morgan fingerprint density at radius 1 is 0.765 bits per heavy atom. The molecule has 0 unspecified atom stereocenters. The van der Waals surface area contributed by atoms with E-state index in [0.29, 0.717) is 0 Å². The molecule has 102 valence electrons. The van der Waals surface area contributed by atoms with Crippen molar-refractivity contribution < 1.29 is 0 Å². The molecule has 0 aromatic heterocycles. The summed E-state index contributed by atoms with van der Waals surface area (Å²) in [5.74, 6) is 0. The summed E-state index contributed by atoms with van der Waals surface area (Å²) in [6.07, 6.45) is 18.1. The lowest BCUT2D eigenvalue weighted by atomic mass is 10.1. The van der Waals surface area contributed by atoms with Crippen LogP contribution in [0.5, 0.6) is 0 Å². The van der Waals surface area contributed by atoms with Crippen LogP contribution in [-0.2, 0) is 0 Å². The van der Waals surface area contributed by atoms with Crippen LogP contribution in [0.4, 0.5) is 0 Å². The van der Waals surface area contributed by atoms with Gasteiger partial charge in [0.2, 0.25) is 0 Å². The van der Waals surface area contributed by atoms with Gasteiger partial charge in [0.25, 0.3) is 0 Å². The van der Waals surface area contributed by atoms with Crippen molar-refractivity contribution >= 4 is 0 Å². The average Bonchev–Trinajstić information content (AvgIpc) is 2.35. The lowest BCUT2D eigenvalue weighted by Gasteiger charge is -2.04. The van der Waals surface area contributed by atoms with Crippen molar-refractivity contribution in [2.24, 2.45) is 0 Å². The lowest BCUT2D eigenvalue weighted by Crippen LogP contribution is -2.16. The molecule has 0 spiro atoms. The highest BCUT2D eigenvalue weighted by atomic mass is 14.8. The average molecular weight is 239 g/mol. The fourth-order valence-electron chi connectivity index (χ4n) is 2.01. The predicted molar refractivity (Wildman–Crippen MR) is 79.5 cm³/mol. The molecule has 0 saturated carbocycles. The third-order valence-corrected chi connectivity index (χ3v) is 3.17. The highest BCUT2D eigenvalue weighted by Gasteiger charge is 1.91. The summed E-state index contributed by atoms with van der Waals surface area (Å²) in [5, 5.41) is 3.55. The minimum absolute atomic E-state index is 1.21. The first kappa shape index (κ1) is 16.7. The molecule has 0 aliphatic rings. The number of unbranched alkanes of at least 4 members (excludes halogenated alkanes) is 8. The fourth-order valence-corrected chi connectivity index (χ4v) is 2.01. The molecular formula is C16H33N. The minimum Gasteiger partial charge on any atom is -0.317 e. The van der Waals surface area contributed by atoms with E-state index >= 15 is 0 Å². The molecule has 17 heavy (non-hydrogen) atoms. The Morgan fingerprint density at radius 2 is 1.35 bits per heavy atom. The van der Waals surface area contributed by atoms with E-state index in [9.17, 15) is 0 Å². The topological polar surface area (TPSA) is 12.0 Å². The van der Waals surface area contributed by atoms with Gasteiger partial charge in [-0.15, -0.1) is 0 Å². The van der Waals surface area contributed by atoms with Crippen molar-refractivity contribution in [1.29, 1.82) is 0 Å². The SMILES string of the molecule is C/C=C/CCCCCNCCCCCCCC. The Hall–Kier alpha value is -0.300. The largest absolute Gasteiger partial charge is 0.317 e. The molecule has 1 N–H and O–H groups in total. The van der Waals surface area contributed by atoms with Crippen LogP contribution >= 0.6 is 0 Å². The molecule has 0 amide bonds. The molecule has 0 radical (unpaired) electrons. The first-order valence-electron chi connectivity index (χ1n) is 7.73. The van der Waals surface area contributed by atoms with Crippen LogP contribution in [0, 0.1) is 0 Å². The quantitative estimate of drug-likeness (QED) is 0.349. The summed E-state index contributed by atoms with van der Waals surface area (Å²) >= 11 is 0. The van der Waals surface area contributed by atoms with E-state index in [4.69, 9.17) is 0 Å². The number of allylic oxidation sites excluding steroid dienone is 2. The van der Waals surface area contributed by atoms with Gasteiger partial charge >= 0.3 is 0 Å². The van der Waals surface area contributed by atoms with Gasteiger partial charge in [-0.05, 0) is 45.7 Å². The van der Waals surface area contributed by atoms with Gasteiger partial charge in [0.05, 0.1) is 0 Å². The van der Waals surface area contributed by atoms with E-state index in [2.05, 4.69) is 31.3 Å². The van der Waals surface area contributed by atoms with Gasteiger partial charge in [-0.2, -0.15) is 0 Å². The highest BCUT2D eigenvalue weighted by Crippen LogP contribution is 2.04. The first-order chi connectivity index (χ1) is 8.41. The normalized spacial score (nSPS) is 11.4. The third-order valence-electron chi connectivity index (χ3n) is 3.17. The molecule has 0 fully saturated rings. The van der Waals surface area contributed by atoms with Crippen molar-refractivity contribution in [2.45, 2.75) is 78.1 Å². The minimum atomic E-state index is 1.21. The van der Waals surface area contributed by atoms with E-state index in [-0.39, 0.29) is 0 Å². The second-order valence-electron chi connectivity index (χ2n) is 4.94. The summed E-state index contributed by atoms with van der Waals surface area (Å²) in [7, 11) is 0. The second-order valence-corrected chi connectivity index (χ2v) is 4.94. The zero-order valence-electron chi connectivity index (χ0n) is 12.1. The molecule has 0 aromatic carbocycles. The Morgan fingerprint density at radius 3 is 2.00 bits per heavy atom. The molecule has 1 nitrogen and oxygen atoms in total. The van der Waals surface area contributed by atoms with E-state index in [1.807, 2.05) is 0 Å². The van der Waals surface area contributed by atoms with Crippen molar-refractivity contribution in [3.63, 3.8) is 0 Å². The molecule has 0 saturated heterocycles. The molecule has 0 atom stereocenters. The van der Waals surface area contributed by atoms with Crippen LogP contribution in [0.3, 0.4) is 0 Å². The van der Waals surface area contributed by atoms with Gasteiger partial charge in [0.1, 0.15) is 0 Å². The molecule has 0 aliphatic carbocycles. The smallest absolute Gasteiger partial charge is 0.00489 e. The van der Waals surface area contributed by atoms with Gasteiger partial charge in [-0.3, -0.25) is 0 Å². The van der Waals surface area contributed by atoms with Crippen LogP contribution in [0.1, 0.15) is 78.1 Å². The Labute approximate surface area is 109 Å². The van der Waals surface area contributed by atoms with Gasteiger partial charge in [0.15, 0.2) is 0 Å². The monoisotopic (exact) mass is 239 g/mol. The molecular weight excluding hydrogens is 206 g/mol. The van der Waals surface area contributed by atoms with E-state index < -0.39 is 0 Å².